The number of aromatic nitrogens is 4. The molecule has 0 radical (unpaired) electrons. The summed E-state index contributed by atoms with van der Waals surface area (Å²) in [4.78, 5) is 20.5. The molecule has 11 rings (SSSR count). The third-order valence-electron chi connectivity index (χ3n) is 9.77. The molecule has 0 unspecified atom stereocenters. The molecule has 4 aromatic heterocycles. The number of para-hydroxylation sites is 2. The number of hydrogen-bond acceptors (Lipinski definition) is 6. The van der Waals surface area contributed by atoms with Gasteiger partial charge in [-0.3, -0.25) is 4.98 Å². The monoisotopic (exact) mass is 640 g/mol. The fraction of sp³-hybridized carbons (Fsp3) is 0. The van der Waals surface area contributed by atoms with Gasteiger partial charge in [0.2, 0.25) is 0 Å². The molecule has 0 fully saturated rings. The number of rotatable bonds is 3. The molecule has 232 valence electrons. The van der Waals surface area contributed by atoms with Crippen LogP contribution in [0.5, 0.6) is 0 Å². The van der Waals surface area contributed by atoms with Gasteiger partial charge in [-0.15, -0.1) is 0 Å². The number of nitrogens with zero attached hydrogens (tertiary/aromatic N) is 4. The van der Waals surface area contributed by atoms with Gasteiger partial charge >= 0.3 is 0 Å². The van der Waals surface area contributed by atoms with Gasteiger partial charge in [-0.25, -0.2) is 15.0 Å². The molecule has 0 aliphatic carbocycles. The van der Waals surface area contributed by atoms with Crippen LogP contribution in [0.15, 0.2) is 155 Å². The predicted octanol–water partition coefficient (Wildman–Crippen LogP) is 11.5. The second-order valence-electron chi connectivity index (χ2n) is 12.6. The second-order valence-corrected chi connectivity index (χ2v) is 12.6. The van der Waals surface area contributed by atoms with Gasteiger partial charge in [0, 0.05) is 55.2 Å². The molecular weight excluding hydrogens is 617 g/mol. The van der Waals surface area contributed by atoms with Crippen molar-refractivity contribution in [2.24, 2.45) is 0 Å². The summed E-state index contributed by atoms with van der Waals surface area (Å²) in [5.41, 5.74) is 6.69. The van der Waals surface area contributed by atoms with Crippen molar-refractivity contribution < 1.29 is 8.83 Å². The second kappa shape index (κ2) is 10.3. The molecule has 0 atom stereocenters. The van der Waals surface area contributed by atoms with E-state index in [0.717, 1.165) is 87.6 Å². The minimum atomic E-state index is 0.549. The lowest BCUT2D eigenvalue weighted by Gasteiger charge is -2.13. The van der Waals surface area contributed by atoms with Crippen molar-refractivity contribution in [2.45, 2.75) is 0 Å². The summed E-state index contributed by atoms with van der Waals surface area (Å²) in [6, 6.07) is 47.3. The Balaban J connectivity index is 1.22. The van der Waals surface area contributed by atoms with E-state index in [0.29, 0.717) is 17.5 Å². The van der Waals surface area contributed by atoms with Gasteiger partial charge in [0.25, 0.3) is 0 Å². The highest BCUT2D eigenvalue weighted by Crippen LogP contribution is 2.39. The SMILES string of the molecule is c1ccc2c(c1)ccc1c2cnc2cccc(-c3nc(-c4ccc5c(c4)oc4ccccc45)nc(-c4cccc5oc6ccccc6c45)n3)c21. The normalized spacial score (nSPS) is 12.0. The van der Waals surface area contributed by atoms with E-state index in [-0.39, 0.29) is 0 Å². The first-order valence-corrected chi connectivity index (χ1v) is 16.5. The van der Waals surface area contributed by atoms with Crippen molar-refractivity contribution in [3.05, 3.63) is 146 Å². The van der Waals surface area contributed by atoms with Crippen LogP contribution >= 0.6 is 0 Å². The predicted molar refractivity (Wildman–Crippen MR) is 201 cm³/mol. The van der Waals surface area contributed by atoms with Crippen LogP contribution in [-0.4, -0.2) is 19.9 Å². The van der Waals surface area contributed by atoms with Crippen molar-refractivity contribution in [1.82, 2.24) is 19.9 Å². The van der Waals surface area contributed by atoms with Crippen LogP contribution in [0.4, 0.5) is 0 Å². The fourth-order valence-electron chi connectivity index (χ4n) is 7.48. The summed E-state index contributed by atoms with van der Waals surface area (Å²) in [6.07, 6.45) is 1.97. The third-order valence-corrected chi connectivity index (χ3v) is 9.77. The first-order valence-electron chi connectivity index (χ1n) is 16.5. The summed E-state index contributed by atoms with van der Waals surface area (Å²) >= 11 is 0. The number of pyridine rings is 1. The van der Waals surface area contributed by atoms with Gasteiger partial charge in [0.05, 0.1) is 5.52 Å². The molecule has 4 heterocycles. The molecule has 0 saturated carbocycles. The van der Waals surface area contributed by atoms with Gasteiger partial charge in [0.1, 0.15) is 22.3 Å². The van der Waals surface area contributed by atoms with Gasteiger partial charge < -0.3 is 8.83 Å². The average Bonchev–Trinajstić information content (AvgIpc) is 3.75. The molecule has 0 saturated heterocycles. The Hall–Kier alpha value is -6.92. The van der Waals surface area contributed by atoms with E-state index in [1.165, 1.54) is 5.39 Å². The molecule has 11 aromatic rings. The van der Waals surface area contributed by atoms with E-state index in [9.17, 15) is 0 Å². The van der Waals surface area contributed by atoms with Crippen molar-refractivity contribution in [2.75, 3.05) is 0 Å². The number of furan rings is 2. The molecule has 6 nitrogen and oxygen atoms in total. The van der Waals surface area contributed by atoms with Gasteiger partial charge in [-0.05, 0) is 52.6 Å². The van der Waals surface area contributed by atoms with Crippen LogP contribution < -0.4 is 0 Å². The van der Waals surface area contributed by atoms with E-state index >= 15 is 0 Å². The quantitative estimate of drug-likeness (QED) is 0.179. The minimum absolute atomic E-state index is 0.549. The van der Waals surface area contributed by atoms with Crippen LogP contribution in [0.2, 0.25) is 0 Å². The lowest BCUT2D eigenvalue weighted by Crippen LogP contribution is -2.01. The maximum atomic E-state index is 6.29. The van der Waals surface area contributed by atoms with Crippen LogP contribution in [-0.2, 0) is 0 Å². The smallest absolute Gasteiger partial charge is 0.164 e. The summed E-state index contributed by atoms with van der Waals surface area (Å²) in [5.74, 6) is 1.67. The third kappa shape index (κ3) is 3.96. The Morgan fingerprint density at radius 3 is 1.86 bits per heavy atom. The first kappa shape index (κ1) is 27.1. The molecular formula is C44H24N4O2. The fourth-order valence-corrected chi connectivity index (χ4v) is 7.48. The van der Waals surface area contributed by atoms with Gasteiger partial charge in [0.15, 0.2) is 17.5 Å². The zero-order valence-electron chi connectivity index (χ0n) is 26.5. The van der Waals surface area contributed by atoms with Crippen molar-refractivity contribution >= 4 is 76.3 Å². The molecule has 0 aliphatic rings. The Labute approximate surface area is 284 Å². The Morgan fingerprint density at radius 1 is 0.380 bits per heavy atom. The molecule has 0 N–H and O–H groups in total. The highest BCUT2D eigenvalue weighted by atomic mass is 16.3. The van der Waals surface area contributed by atoms with Crippen LogP contribution in [0.1, 0.15) is 0 Å². The molecule has 0 spiro atoms. The van der Waals surface area contributed by atoms with E-state index in [2.05, 4.69) is 72.8 Å². The average molecular weight is 641 g/mol. The van der Waals surface area contributed by atoms with E-state index in [1.807, 2.05) is 72.9 Å². The number of fused-ring (bicyclic) bond motifs is 11. The molecule has 0 amide bonds. The lowest BCUT2D eigenvalue weighted by atomic mass is 9.97. The first-order chi connectivity index (χ1) is 24.8. The van der Waals surface area contributed by atoms with Crippen LogP contribution in [0.3, 0.4) is 0 Å². The topological polar surface area (TPSA) is 77.8 Å². The summed E-state index contributed by atoms with van der Waals surface area (Å²) in [7, 11) is 0. The van der Waals surface area contributed by atoms with Crippen LogP contribution in [0, 0.1) is 0 Å². The molecule has 0 aliphatic heterocycles. The summed E-state index contributed by atoms with van der Waals surface area (Å²) in [5, 5.41) is 9.61. The lowest BCUT2D eigenvalue weighted by molar-refractivity contribution is 0.668. The maximum absolute atomic E-state index is 6.29. The largest absolute Gasteiger partial charge is 0.456 e. The molecule has 50 heavy (non-hydrogen) atoms. The maximum Gasteiger partial charge on any atom is 0.164 e. The zero-order valence-corrected chi connectivity index (χ0v) is 26.5. The van der Waals surface area contributed by atoms with Crippen LogP contribution in [0.25, 0.3) is 110 Å². The Kier molecular flexibility index (Phi) is 5.57. The Bertz CT molecular complexity index is 3180. The highest BCUT2D eigenvalue weighted by molar-refractivity contribution is 6.19. The molecule has 7 aromatic carbocycles. The van der Waals surface area contributed by atoms with Gasteiger partial charge in [-0.1, -0.05) is 103 Å². The van der Waals surface area contributed by atoms with E-state index in [4.69, 9.17) is 28.8 Å². The summed E-state index contributed by atoms with van der Waals surface area (Å²) < 4.78 is 12.6. The molecule has 0 bridgehead atoms. The molecule has 6 heteroatoms. The van der Waals surface area contributed by atoms with Gasteiger partial charge in [-0.2, -0.15) is 0 Å². The van der Waals surface area contributed by atoms with Crippen molar-refractivity contribution in [1.29, 1.82) is 0 Å². The zero-order chi connectivity index (χ0) is 32.8. The number of benzene rings is 7. The summed E-state index contributed by atoms with van der Waals surface area (Å²) in [6.45, 7) is 0. The van der Waals surface area contributed by atoms with E-state index in [1.54, 1.807) is 0 Å². The van der Waals surface area contributed by atoms with Crippen molar-refractivity contribution in [3.8, 4) is 34.2 Å². The van der Waals surface area contributed by atoms with Crippen molar-refractivity contribution in [3.63, 3.8) is 0 Å². The van der Waals surface area contributed by atoms with E-state index < -0.39 is 0 Å². The minimum Gasteiger partial charge on any atom is -0.456 e. The highest BCUT2D eigenvalue weighted by Gasteiger charge is 2.20. The number of hydrogen-bond donors (Lipinski definition) is 0. The standard InChI is InChI=1S/C44H24N4O2/c1-2-10-27-25(9-1)19-22-30-34(27)24-45-35-15-7-13-32(40(30)35)43-46-42(26-20-21-29-28-11-3-5-16-36(28)50-39(29)23-26)47-44(48-43)33-14-8-18-38-41(33)31-12-4-6-17-37(31)49-38/h1-24H. The Morgan fingerprint density at radius 2 is 1.00 bits per heavy atom.